The molecule has 0 unspecified atom stereocenters. The largest absolute Gasteiger partial charge is 0.481 e. The van der Waals surface area contributed by atoms with Crippen LogP contribution >= 0.6 is 35.3 Å². The highest BCUT2D eigenvalue weighted by Gasteiger charge is 2.42. The molecule has 2 aliphatic rings. The fraction of sp³-hybridized carbons (Fsp3) is 0.286. The summed E-state index contributed by atoms with van der Waals surface area (Å²) in [5.41, 5.74) is -0.644. The van der Waals surface area contributed by atoms with Gasteiger partial charge in [-0.2, -0.15) is 13.2 Å². The number of thiophene rings is 1. The number of hydrogen-bond acceptors (Lipinski definition) is 5. The van der Waals surface area contributed by atoms with Crippen molar-refractivity contribution in [3.05, 3.63) is 50.8 Å². The van der Waals surface area contributed by atoms with E-state index in [9.17, 15) is 32.3 Å². The Morgan fingerprint density at radius 3 is 2.62 bits per heavy atom. The van der Waals surface area contributed by atoms with Gasteiger partial charge in [-0.3, -0.25) is 14.5 Å². The molecule has 1 N–H and O–H groups in total. The molecule has 168 valence electrons. The molecule has 4 rings (SSSR count). The Balaban J connectivity index is 1.55. The molecule has 1 aromatic heterocycles. The zero-order valence-corrected chi connectivity index (χ0v) is 18.6. The highest BCUT2D eigenvalue weighted by Crippen LogP contribution is 2.41. The Hall–Kier alpha value is -2.24. The fourth-order valence-electron chi connectivity index (χ4n) is 3.84. The number of rotatable bonds is 4. The van der Waals surface area contributed by atoms with Crippen molar-refractivity contribution in [3.63, 3.8) is 0 Å². The van der Waals surface area contributed by atoms with Crippen LogP contribution < -0.4 is 0 Å². The van der Waals surface area contributed by atoms with Gasteiger partial charge in [0, 0.05) is 10.9 Å². The van der Waals surface area contributed by atoms with Crippen LogP contribution in [0.2, 0.25) is 0 Å². The average Bonchev–Trinajstić information content (AvgIpc) is 3.42. The van der Waals surface area contributed by atoms with E-state index in [0.717, 1.165) is 23.9 Å². The van der Waals surface area contributed by atoms with Crippen molar-refractivity contribution in [2.24, 2.45) is 5.92 Å². The van der Waals surface area contributed by atoms with E-state index in [1.165, 1.54) is 22.3 Å². The van der Waals surface area contributed by atoms with Gasteiger partial charge in [-0.1, -0.05) is 30.0 Å². The first-order valence-corrected chi connectivity index (χ1v) is 11.6. The molecule has 1 aliphatic heterocycles. The second kappa shape index (κ2) is 8.60. The van der Waals surface area contributed by atoms with Gasteiger partial charge in [0.2, 0.25) is 0 Å². The van der Waals surface area contributed by atoms with Crippen molar-refractivity contribution in [1.82, 2.24) is 4.90 Å². The van der Waals surface area contributed by atoms with E-state index in [1.54, 1.807) is 17.5 Å². The molecular formula is C21H15F4NO3S3. The number of carbonyl (C=O) groups is 2. The van der Waals surface area contributed by atoms with Gasteiger partial charge in [-0.25, -0.2) is 4.39 Å². The zero-order valence-electron chi connectivity index (χ0n) is 16.2. The maximum Gasteiger partial charge on any atom is 0.419 e. The molecule has 1 saturated heterocycles. The number of amides is 1. The molecule has 1 aliphatic carbocycles. The summed E-state index contributed by atoms with van der Waals surface area (Å²) >= 11 is 7.69. The van der Waals surface area contributed by atoms with Gasteiger partial charge in [0.15, 0.2) is 0 Å². The maximum atomic E-state index is 13.6. The van der Waals surface area contributed by atoms with Crippen LogP contribution in [0.25, 0.3) is 17.2 Å². The number of carbonyl (C=O) groups excluding carboxylic acids is 1. The van der Waals surface area contributed by atoms with Crippen LogP contribution in [0.15, 0.2) is 34.6 Å². The van der Waals surface area contributed by atoms with Gasteiger partial charge in [-0.15, -0.1) is 11.3 Å². The van der Waals surface area contributed by atoms with E-state index in [1.807, 2.05) is 0 Å². The molecule has 1 amide bonds. The number of hydrogen-bond donors (Lipinski definition) is 1. The van der Waals surface area contributed by atoms with Crippen LogP contribution in [0.5, 0.6) is 0 Å². The predicted molar refractivity (Wildman–Crippen MR) is 118 cm³/mol. The number of thioether (sulfide) groups is 1. The Morgan fingerprint density at radius 2 is 1.97 bits per heavy atom. The van der Waals surface area contributed by atoms with Crippen molar-refractivity contribution >= 4 is 57.6 Å². The van der Waals surface area contributed by atoms with Crippen molar-refractivity contribution in [2.45, 2.75) is 31.5 Å². The molecule has 2 fully saturated rings. The second-order valence-corrected chi connectivity index (χ2v) is 10.1. The molecular weight excluding hydrogens is 486 g/mol. The smallest absolute Gasteiger partial charge is 0.419 e. The minimum absolute atomic E-state index is 0.216. The highest BCUT2D eigenvalue weighted by atomic mass is 32.2. The summed E-state index contributed by atoms with van der Waals surface area (Å²) < 4.78 is 52.9. The van der Waals surface area contributed by atoms with E-state index in [-0.39, 0.29) is 17.5 Å². The van der Waals surface area contributed by atoms with Crippen molar-refractivity contribution in [2.75, 3.05) is 0 Å². The molecule has 2 aromatic rings. The molecule has 11 heteroatoms. The SMILES string of the molecule is O=C(O)[C@@H]1CC[C@H](N2C(=O)/C(=C/c3cc(-c4ccc(F)c(C(F)(F)F)c4)cs3)SC2=S)C1. The van der Waals surface area contributed by atoms with Crippen molar-refractivity contribution in [1.29, 1.82) is 0 Å². The monoisotopic (exact) mass is 501 g/mol. The predicted octanol–water partition coefficient (Wildman–Crippen LogP) is 6.03. The summed E-state index contributed by atoms with van der Waals surface area (Å²) in [4.78, 5) is 26.6. The highest BCUT2D eigenvalue weighted by molar-refractivity contribution is 8.26. The van der Waals surface area contributed by atoms with Crippen LogP contribution in [0.3, 0.4) is 0 Å². The summed E-state index contributed by atoms with van der Waals surface area (Å²) in [6, 6.07) is 4.19. The normalized spacial score (nSPS) is 22.9. The number of carboxylic acid groups (broad SMARTS) is 1. The third-order valence-corrected chi connectivity index (χ3v) is 7.65. The van der Waals surface area contributed by atoms with E-state index < -0.39 is 29.4 Å². The van der Waals surface area contributed by atoms with E-state index in [4.69, 9.17) is 12.2 Å². The number of benzene rings is 1. The molecule has 32 heavy (non-hydrogen) atoms. The molecule has 1 aromatic carbocycles. The molecule has 2 heterocycles. The first-order valence-electron chi connectivity index (χ1n) is 9.50. The number of carboxylic acids is 1. The van der Waals surface area contributed by atoms with Crippen LogP contribution in [0.1, 0.15) is 29.7 Å². The molecule has 0 spiro atoms. The maximum absolute atomic E-state index is 13.6. The standard InChI is InChI=1S/C21H15F4NO3S3/c22-16-4-2-10(7-15(16)21(23,24)25)12-6-14(31-9-12)8-17-18(27)26(20(30)32-17)13-3-1-11(5-13)19(28)29/h2,4,6-9,11,13H,1,3,5H2,(H,28,29)/b17-8-/t11-,13+/m1/s1. The average molecular weight is 502 g/mol. The Labute approximate surface area is 193 Å². The number of aliphatic carboxylic acids is 1. The van der Waals surface area contributed by atoms with E-state index in [2.05, 4.69) is 0 Å². The summed E-state index contributed by atoms with van der Waals surface area (Å²) in [5.74, 6) is -3.01. The first kappa shape index (κ1) is 22.9. The summed E-state index contributed by atoms with van der Waals surface area (Å²) in [5, 5.41) is 10.8. The quantitative estimate of drug-likeness (QED) is 0.315. The van der Waals surface area contributed by atoms with Crippen LogP contribution in [-0.4, -0.2) is 32.2 Å². The lowest BCUT2D eigenvalue weighted by atomic mass is 10.0. The van der Waals surface area contributed by atoms with Crippen LogP contribution in [0.4, 0.5) is 17.6 Å². The van der Waals surface area contributed by atoms with Crippen molar-refractivity contribution < 1.29 is 32.3 Å². The molecule has 0 bridgehead atoms. The zero-order chi connectivity index (χ0) is 23.2. The van der Waals surface area contributed by atoms with Gasteiger partial charge in [0.1, 0.15) is 10.1 Å². The minimum Gasteiger partial charge on any atom is -0.481 e. The fourth-order valence-corrected chi connectivity index (χ4v) is 6.16. The third kappa shape index (κ3) is 4.46. The third-order valence-electron chi connectivity index (χ3n) is 5.44. The number of alkyl halides is 3. The lowest BCUT2D eigenvalue weighted by molar-refractivity contribution is -0.142. The van der Waals surface area contributed by atoms with Gasteiger partial charge >= 0.3 is 12.1 Å². The van der Waals surface area contributed by atoms with Gasteiger partial charge < -0.3 is 5.11 Å². The molecule has 1 saturated carbocycles. The van der Waals surface area contributed by atoms with Crippen LogP contribution in [-0.2, 0) is 15.8 Å². The summed E-state index contributed by atoms with van der Waals surface area (Å²) in [6.07, 6.45) is -1.78. The topological polar surface area (TPSA) is 57.6 Å². The summed E-state index contributed by atoms with van der Waals surface area (Å²) in [6.45, 7) is 0. The molecule has 4 nitrogen and oxygen atoms in total. The number of nitrogens with zero attached hydrogens (tertiary/aromatic N) is 1. The van der Waals surface area contributed by atoms with E-state index >= 15 is 0 Å². The lowest BCUT2D eigenvalue weighted by Gasteiger charge is -2.22. The van der Waals surface area contributed by atoms with Gasteiger partial charge in [-0.05, 0) is 60.0 Å². The van der Waals surface area contributed by atoms with Crippen molar-refractivity contribution in [3.8, 4) is 11.1 Å². The Kier molecular flexibility index (Phi) is 6.17. The first-order chi connectivity index (χ1) is 15.0. The minimum atomic E-state index is -4.80. The second-order valence-electron chi connectivity index (χ2n) is 7.48. The Bertz CT molecular complexity index is 1140. The lowest BCUT2D eigenvalue weighted by Crippen LogP contribution is -2.37. The number of thiocarbonyl (C=S) groups is 1. The molecule has 0 radical (unpaired) electrons. The van der Waals surface area contributed by atoms with E-state index in [0.29, 0.717) is 38.9 Å². The molecule has 2 atom stereocenters. The number of halogens is 4. The van der Waals surface area contributed by atoms with Crippen LogP contribution in [0, 0.1) is 11.7 Å². The van der Waals surface area contributed by atoms with Gasteiger partial charge in [0.05, 0.1) is 16.4 Å². The van der Waals surface area contributed by atoms with Gasteiger partial charge in [0.25, 0.3) is 5.91 Å². The summed E-state index contributed by atoms with van der Waals surface area (Å²) in [7, 11) is 0. The Morgan fingerprint density at radius 1 is 1.22 bits per heavy atom.